The first-order valence-electron chi connectivity index (χ1n) is 8.47. The topological polar surface area (TPSA) is 60.1 Å². The van der Waals surface area contributed by atoms with Crippen molar-refractivity contribution < 1.29 is 9.21 Å². The van der Waals surface area contributed by atoms with Crippen LogP contribution in [0.5, 0.6) is 0 Å². The summed E-state index contributed by atoms with van der Waals surface area (Å²) < 4.78 is 7.48. The van der Waals surface area contributed by atoms with E-state index in [1.165, 1.54) is 17.5 Å². The minimum absolute atomic E-state index is 0.0550. The number of carbonyl (C=O) groups is 1. The van der Waals surface area contributed by atoms with E-state index in [1.807, 2.05) is 19.9 Å². The van der Waals surface area contributed by atoms with Crippen LogP contribution in [0.1, 0.15) is 43.0 Å². The van der Waals surface area contributed by atoms with E-state index in [1.54, 1.807) is 17.1 Å². The largest absolute Gasteiger partial charge is 0.464 e. The standard InChI is InChI=1S/C19H21N3O2/c1-12(2)22-18(6-7-20-22)21-19(23)10-15-11-24-17-9-14-5-3-4-13(14)8-16(15)17/h6-9,11-12H,3-5,10H2,1-2H3,(H,21,23). The number of amides is 1. The van der Waals surface area contributed by atoms with Crippen molar-refractivity contribution in [3.05, 3.63) is 47.3 Å². The number of fused-ring (bicyclic) bond motifs is 2. The van der Waals surface area contributed by atoms with Crippen LogP contribution in [0.3, 0.4) is 0 Å². The van der Waals surface area contributed by atoms with Crippen LogP contribution in [0.15, 0.2) is 35.1 Å². The van der Waals surface area contributed by atoms with Crippen LogP contribution in [0.2, 0.25) is 0 Å². The molecule has 2 heterocycles. The van der Waals surface area contributed by atoms with Gasteiger partial charge in [-0.05, 0) is 56.4 Å². The molecule has 1 amide bonds. The second-order valence-electron chi connectivity index (χ2n) is 6.71. The first kappa shape index (κ1) is 15.0. The minimum atomic E-state index is -0.0550. The molecule has 0 unspecified atom stereocenters. The van der Waals surface area contributed by atoms with E-state index in [2.05, 4.69) is 22.5 Å². The Labute approximate surface area is 140 Å². The number of furan rings is 1. The lowest BCUT2D eigenvalue weighted by molar-refractivity contribution is -0.115. The number of hydrogen-bond acceptors (Lipinski definition) is 3. The number of aromatic nitrogens is 2. The van der Waals surface area contributed by atoms with Crippen molar-refractivity contribution in [3.63, 3.8) is 0 Å². The Hall–Kier alpha value is -2.56. The average Bonchev–Trinajstić information content (AvgIpc) is 3.25. The van der Waals surface area contributed by atoms with E-state index < -0.39 is 0 Å². The Kier molecular flexibility index (Phi) is 3.63. The summed E-state index contributed by atoms with van der Waals surface area (Å²) in [5.74, 6) is 0.671. The molecule has 1 aliphatic carbocycles. The zero-order chi connectivity index (χ0) is 16.7. The van der Waals surface area contributed by atoms with Crippen LogP contribution >= 0.6 is 0 Å². The zero-order valence-electron chi connectivity index (χ0n) is 14.0. The third kappa shape index (κ3) is 2.60. The highest BCUT2D eigenvalue weighted by Crippen LogP contribution is 2.30. The molecule has 1 N–H and O–H groups in total. The van der Waals surface area contributed by atoms with Crippen molar-refractivity contribution in [2.24, 2.45) is 0 Å². The Morgan fingerprint density at radius 2 is 2.12 bits per heavy atom. The van der Waals surface area contributed by atoms with Gasteiger partial charge in [0.15, 0.2) is 0 Å². The molecular weight excluding hydrogens is 302 g/mol. The molecule has 124 valence electrons. The van der Waals surface area contributed by atoms with Crippen LogP contribution in [-0.4, -0.2) is 15.7 Å². The highest BCUT2D eigenvalue weighted by atomic mass is 16.3. The lowest BCUT2D eigenvalue weighted by Gasteiger charge is -2.11. The van der Waals surface area contributed by atoms with Gasteiger partial charge >= 0.3 is 0 Å². The van der Waals surface area contributed by atoms with E-state index in [4.69, 9.17) is 4.42 Å². The fourth-order valence-electron chi connectivity index (χ4n) is 3.47. The van der Waals surface area contributed by atoms with Gasteiger partial charge in [-0.3, -0.25) is 4.79 Å². The molecule has 5 heteroatoms. The summed E-state index contributed by atoms with van der Waals surface area (Å²) in [6.45, 7) is 4.07. The molecule has 5 nitrogen and oxygen atoms in total. The molecular formula is C19H21N3O2. The molecule has 1 aliphatic rings. The number of carbonyl (C=O) groups excluding carboxylic acids is 1. The van der Waals surface area contributed by atoms with Crippen LogP contribution < -0.4 is 5.32 Å². The molecule has 3 aromatic rings. The molecule has 0 aliphatic heterocycles. The van der Waals surface area contributed by atoms with Gasteiger partial charge in [-0.25, -0.2) is 4.68 Å². The number of benzene rings is 1. The van der Waals surface area contributed by atoms with Crippen molar-refractivity contribution in [1.29, 1.82) is 0 Å². The summed E-state index contributed by atoms with van der Waals surface area (Å²) in [7, 11) is 0. The number of aryl methyl sites for hydroxylation is 2. The molecule has 4 rings (SSSR count). The molecule has 2 aromatic heterocycles. The van der Waals surface area contributed by atoms with E-state index in [-0.39, 0.29) is 11.9 Å². The van der Waals surface area contributed by atoms with E-state index in [0.29, 0.717) is 6.42 Å². The van der Waals surface area contributed by atoms with Gasteiger partial charge in [0.25, 0.3) is 0 Å². The van der Waals surface area contributed by atoms with Crippen LogP contribution in [-0.2, 0) is 24.1 Å². The molecule has 1 aromatic carbocycles. The average molecular weight is 323 g/mol. The predicted octanol–water partition coefficient (Wildman–Crippen LogP) is 3.88. The van der Waals surface area contributed by atoms with E-state index in [0.717, 1.165) is 35.2 Å². The van der Waals surface area contributed by atoms with Crippen LogP contribution in [0.4, 0.5) is 5.82 Å². The van der Waals surface area contributed by atoms with E-state index in [9.17, 15) is 4.79 Å². The predicted molar refractivity (Wildman–Crippen MR) is 93.2 cm³/mol. The molecule has 0 saturated carbocycles. The van der Waals surface area contributed by atoms with Crippen molar-refractivity contribution in [1.82, 2.24) is 9.78 Å². The normalized spacial score (nSPS) is 13.6. The lowest BCUT2D eigenvalue weighted by Crippen LogP contribution is -2.18. The first-order chi connectivity index (χ1) is 11.6. The maximum absolute atomic E-state index is 12.4. The van der Waals surface area contributed by atoms with Gasteiger partial charge in [0, 0.05) is 23.1 Å². The molecule has 0 radical (unpaired) electrons. The van der Waals surface area contributed by atoms with Crippen molar-refractivity contribution in [2.45, 2.75) is 45.6 Å². The number of hydrogen-bond donors (Lipinski definition) is 1. The molecule has 0 atom stereocenters. The highest BCUT2D eigenvalue weighted by molar-refractivity contribution is 5.95. The maximum atomic E-state index is 12.4. The summed E-state index contributed by atoms with van der Waals surface area (Å²) >= 11 is 0. The van der Waals surface area contributed by atoms with Gasteiger partial charge < -0.3 is 9.73 Å². The minimum Gasteiger partial charge on any atom is -0.464 e. The third-order valence-corrected chi connectivity index (χ3v) is 4.65. The maximum Gasteiger partial charge on any atom is 0.230 e. The Morgan fingerprint density at radius 3 is 2.92 bits per heavy atom. The molecule has 0 spiro atoms. The molecule has 24 heavy (non-hydrogen) atoms. The number of anilines is 1. The lowest BCUT2D eigenvalue weighted by atomic mass is 10.0. The highest BCUT2D eigenvalue weighted by Gasteiger charge is 2.17. The van der Waals surface area contributed by atoms with Crippen molar-refractivity contribution in [2.75, 3.05) is 5.32 Å². The van der Waals surface area contributed by atoms with Gasteiger partial charge in [-0.1, -0.05) is 0 Å². The van der Waals surface area contributed by atoms with Crippen LogP contribution in [0.25, 0.3) is 11.0 Å². The van der Waals surface area contributed by atoms with E-state index >= 15 is 0 Å². The summed E-state index contributed by atoms with van der Waals surface area (Å²) in [5.41, 5.74) is 4.59. The van der Waals surface area contributed by atoms with Gasteiger partial charge in [-0.15, -0.1) is 0 Å². The Morgan fingerprint density at radius 1 is 1.33 bits per heavy atom. The number of rotatable bonds is 4. The van der Waals surface area contributed by atoms with Gasteiger partial charge in [0.1, 0.15) is 11.4 Å². The molecule has 0 bridgehead atoms. The smallest absolute Gasteiger partial charge is 0.230 e. The fraction of sp³-hybridized carbons (Fsp3) is 0.368. The fourth-order valence-corrected chi connectivity index (χ4v) is 3.47. The van der Waals surface area contributed by atoms with Gasteiger partial charge in [-0.2, -0.15) is 5.10 Å². The zero-order valence-corrected chi connectivity index (χ0v) is 14.0. The van der Waals surface area contributed by atoms with Gasteiger partial charge in [0.05, 0.1) is 18.9 Å². The quantitative estimate of drug-likeness (QED) is 0.792. The van der Waals surface area contributed by atoms with Crippen molar-refractivity contribution in [3.8, 4) is 0 Å². The van der Waals surface area contributed by atoms with Gasteiger partial charge in [0.2, 0.25) is 5.91 Å². The Bertz CT molecular complexity index is 905. The molecule has 0 fully saturated rings. The molecule has 0 saturated heterocycles. The monoisotopic (exact) mass is 323 g/mol. The first-order valence-corrected chi connectivity index (χ1v) is 8.47. The SMILES string of the molecule is CC(C)n1nccc1NC(=O)Cc1coc2cc3c(cc12)CCC3. The summed E-state index contributed by atoms with van der Waals surface area (Å²) in [6.07, 6.45) is 7.16. The van der Waals surface area contributed by atoms with Crippen LogP contribution in [0, 0.1) is 0 Å². The Balaban J connectivity index is 1.56. The summed E-state index contributed by atoms with van der Waals surface area (Å²) in [5, 5.41) is 8.24. The summed E-state index contributed by atoms with van der Waals surface area (Å²) in [4.78, 5) is 12.4. The number of nitrogens with zero attached hydrogens (tertiary/aromatic N) is 2. The second kappa shape index (κ2) is 5.82. The second-order valence-corrected chi connectivity index (χ2v) is 6.71. The summed E-state index contributed by atoms with van der Waals surface area (Å²) in [6, 6.07) is 6.35. The number of nitrogens with one attached hydrogen (secondary N) is 1. The van der Waals surface area contributed by atoms with Crippen molar-refractivity contribution >= 4 is 22.7 Å². The third-order valence-electron chi connectivity index (χ3n) is 4.65.